The third kappa shape index (κ3) is 2.51. The Morgan fingerprint density at radius 1 is 1.43 bits per heavy atom. The van der Waals surface area contributed by atoms with Crippen molar-refractivity contribution in [3.05, 3.63) is 11.6 Å². The van der Waals surface area contributed by atoms with Crippen molar-refractivity contribution in [3.63, 3.8) is 0 Å². The van der Waals surface area contributed by atoms with E-state index in [1.807, 2.05) is 0 Å². The van der Waals surface area contributed by atoms with E-state index < -0.39 is 11.2 Å². The second-order valence-electron chi connectivity index (χ2n) is 0.846. The molecule has 0 spiro atoms. The van der Waals surface area contributed by atoms with Gasteiger partial charge in [-0.25, -0.2) is 0 Å². The minimum Gasteiger partial charge on any atom is -0.165 e. The summed E-state index contributed by atoms with van der Waals surface area (Å²) in [5.74, 6) is 0. The molecular formula is C3HClF3. The molecule has 0 unspecified atom stereocenters. The van der Waals surface area contributed by atoms with Gasteiger partial charge in [0.05, 0.1) is 0 Å². The minimum atomic E-state index is -4.54. The van der Waals surface area contributed by atoms with Crippen molar-refractivity contribution in [2.24, 2.45) is 0 Å². The molecule has 0 aliphatic carbocycles. The largest absolute Gasteiger partial charge is 0.426 e. The molecule has 0 saturated heterocycles. The van der Waals surface area contributed by atoms with Crippen molar-refractivity contribution >= 4 is 11.6 Å². The summed E-state index contributed by atoms with van der Waals surface area (Å²) < 4.78 is 32.7. The second-order valence-corrected chi connectivity index (χ2v) is 1.25. The number of halogens is 4. The molecule has 0 atom stereocenters. The molecule has 0 fully saturated rings. The fraction of sp³-hybridized carbons (Fsp3) is 0.333. The highest BCUT2D eigenvalue weighted by Gasteiger charge is 2.30. The van der Waals surface area contributed by atoms with Crippen molar-refractivity contribution in [1.82, 2.24) is 0 Å². The van der Waals surface area contributed by atoms with Crippen LogP contribution in [-0.4, -0.2) is 6.18 Å². The summed E-state index contributed by atoms with van der Waals surface area (Å²) in [6.07, 6.45) is -4.54. The van der Waals surface area contributed by atoms with Crippen LogP contribution in [-0.2, 0) is 0 Å². The van der Waals surface area contributed by atoms with Crippen LogP contribution in [0.5, 0.6) is 0 Å². The average Bonchev–Trinajstić information content (AvgIpc) is 1.31. The highest BCUT2D eigenvalue weighted by molar-refractivity contribution is 6.29. The third-order valence-electron chi connectivity index (χ3n) is 0.271. The molecule has 0 aliphatic rings. The van der Waals surface area contributed by atoms with Gasteiger partial charge in [-0.15, -0.1) is 0 Å². The second kappa shape index (κ2) is 1.74. The lowest BCUT2D eigenvalue weighted by Gasteiger charge is -1.98. The Bertz CT molecular complexity index is 82.7. The standard InChI is InChI=1S/C3HClF3/c1-2(4)3(5,6)7/h1H. The molecule has 0 amide bonds. The van der Waals surface area contributed by atoms with Crippen molar-refractivity contribution in [1.29, 1.82) is 0 Å². The van der Waals surface area contributed by atoms with Gasteiger partial charge in [0.2, 0.25) is 0 Å². The van der Waals surface area contributed by atoms with E-state index in [2.05, 4.69) is 18.2 Å². The summed E-state index contributed by atoms with van der Waals surface area (Å²) in [4.78, 5) is 0. The topological polar surface area (TPSA) is 0 Å². The Kier molecular flexibility index (Phi) is 1.69. The van der Waals surface area contributed by atoms with Crippen LogP contribution in [0.3, 0.4) is 0 Å². The first-order valence-electron chi connectivity index (χ1n) is 1.29. The first-order valence-corrected chi connectivity index (χ1v) is 1.67. The Hall–Kier alpha value is -0.180. The van der Waals surface area contributed by atoms with Crippen molar-refractivity contribution in [3.8, 4) is 0 Å². The van der Waals surface area contributed by atoms with Crippen molar-refractivity contribution < 1.29 is 13.2 Å². The number of hydrogen-bond acceptors (Lipinski definition) is 0. The third-order valence-corrected chi connectivity index (χ3v) is 0.485. The summed E-state index contributed by atoms with van der Waals surface area (Å²) in [6.45, 7) is 4.13. The van der Waals surface area contributed by atoms with Gasteiger partial charge in [-0.05, 0) is 6.58 Å². The molecule has 0 nitrogen and oxygen atoms in total. The number of rotatable bonds is 0. The summed E-state index contributed by atoms with van der Waals surface area (Å²) in [5.41, 5.74) is 0. The van der Waals surface area contributed by atoms with Crippen LogP contribution in [0, 0.1) is 6.58 Å². The highest BCUT2D eigenvalue weighted by Crippen LogP contribution is 2.25. The maximum absolute atomic E-state index is 10.9. The predicted molar refractivity (Wildman–Crippen MR) is 19.7 cm³/mol. The van der Waals surface area contributed by atoms with Crippen molar-refractivity contribution in [2.75, 3.05) is 0 Å². The molecule has 0 aliphatic heterocycles. The Balaban J connectivity index is 3.79. The van der Waals surface area contributed by atoms with Gasteiger partial charge < -0.3 is 0 Å². The van der Waals surface area contributed by atoms with Crippen LogP contribution in [0.25, 0.3) is 0 Å². The molecule has 41 valence electrons. The lowest BCUT2D eigenvalue weighted by atomic mass is 10.6. The number of allylic oxidation sites excluding steroid dienone is 1. The predicted octanol–water partition coefficient (Wildman–Crippen LogP) is 2.10. The van der Waals surface area contributed by atoms with Crippen LogP contribution in [0.2, 0.25) is 0 Å². The van der Waals surface area contributed by atoms with Crippen LogP contribution in [0.1, 0.15) is 0 Å². The van der Waals surface area contributed by atoms with E-state index in [4.69, 9.17) is 0 Å². The zero-order valence-corrected chi connectivity index (χ0v) is 3.85. The van der Waals surface area contributed by atoms with E-state index in [1.54, 1.807) is 0 Å². The van der Waals surface area contributed by atoms with E-state index >= 15 is 0 Å². The van der Waals surface area contributed by atoms with Crippen molar-refractivity contribution in [2.45, 2.75) is 6.18 Å². The molecule has 7 heavy (non-hydrogen) atoms. The Labute approximate surface area is 43.6 Å². The minimum absolute atomic E-state index is 1.53. The quantitative estimate of drug-likeness (QED) is 0.470. The molecular weight excluding hydrogens is 128 g/mol. The zero-order valence-electron chi connectivity index (χ0n) is 3.09. The number of alkyl halides is 3. The Morgan fingerprint density at radius 2 is 1.57 bits per heavy atom. The molecule has 0 heterocycles. The lowest BCUT2D eigenvalue weighted by molar-refractivity contribution is -0.0844. The molecule has 0 rings (SSSR count). The maximum atomic E-state index is 10.9. The molecule has 0 aromatic rings. The van der Waals surface area contributed by atoms with Gasteiger partial charge in [0.25, 0.3) is 0 Å². The normalized spacial score (nSPS) is 11.4. The van der Waals surface area contributed by atoms with Gasteiger partial charge in [0.1, 0.15) is 5.03 Å². The van der Waals surface area contributed by atoms with Gasteiger partial charge in [-0.1, -0.05) is 11.6 Å². The van der Waals surface area contributed by atoms with Gasteiger partial charge in [-0.3, -0.25) is 0 Å². The lowest BCUT2D eigenvalue weighted by Crippen LogP contribution is -2.04. The molecule has 0 saturated carbocycles. The molecule has 0 aromatic carbocycles. The maximum Gasteiger partial charge on any atom is 0.426 e. The van der Waals surface area contributed by atoms with Crippen LogP contribution in [0.4, 0.5) is 13.2 Å². The fourth-order valence-corrected chi connectivity index (χ4v) is 0. The summed E-state index contributed by atoms with van der Waals surface area (Å²) in [5, 5.41) is -1.53. The van der Waals surface area contributed by atoms with Gasteiger partial charge in [0.15, 0.2) is 0 Å². The molecule has 4 heteroatoms. The summed E-state index contributed by atoms with van der Waals surface area (Å²) in [6, 6.07) is 0. The Morgan fingerprint density at radius 3 is 1.57 bits per heavy atom. The number of hydrogen-bond donors (Lipinski definition) is 0. The van der Waals surface area contributed by atoms with Crippen LogP contribution < -0.4 is 0 Å². The van der Waals surface area contributed by atoms with Crippen LogP contribution >= 0.6 is 11.6 Å². The van der Waals surface area contributed by atoms with E-state index in [9.17, 15) is 13.2 Å². The van der Waals surface area contributed by atoms with E-state index in [1.165, 1.54) is 0 Å². The van der Waals surface area contributed by atoms with Crippen LogP contribution in [0.15, 0.2) is 5.03 Å². The molecule has 0 aromatic heterocycles. The first-order chi connectivity index (χ1) is 2.94. The van der Waals surface area contributed by atoms with E-state index in [0.717, 1.165) is 0 Å². The van der Waals surface area contributed by atoms with E-state index in [0.29, 0.717) is 0 Å². The van der Waals surface area contributed by atoms with Gasteiger partial charge in [-0.2, -0.15) is 13.2 Å². The zero-order chi connectivity index (χ0) is 6.08. The summed E-state index contributed by atoms with van der Waals surface area (Å²) >= 11 is 4.32. The monoisotopic (exact) mass is 129 g/mol. The highest BCUT2D eigenvalue weighted by atomic mass is 35.5. The smallest absolute Gasteiger partial charge is 0.165 e. The van der Waals surface area contributed by atoms with Gasteiger partial charge >= 0.3 is 6.18 Å². The SMILES string of the molecule is [CH]=C(Cl)C(F)(F)F. The first kappa shape index (κ1) is 6.82. The van der Waals surface area contributed by atoms with Gasteiger partial charge in [0, 0.05) is 0 Å². The fourth-order valence-electron chi connectivity index (χ4n) is 0. The van der Waals surface area contributed by atoms with E-state index in [-0.39, 0.29) is 0 Å². The average molecular weight is 129 g/mol. The molecule has 0 bridgehead atoms. The molecule has 1 radical (unpaired) electrons. The summed E-state index contributed by atoms with van der Waals surface area (Å²) in [7, 11) is 0. The molecule has 0 N–H and O–H groups in total.